The van der Waals surface area contributed by atoms with Crippen LogP contribution in [0.5, 0.6) is 0 Å². The summed E-state index contributed by atoms with van der Waals surface area (Å²) in [6.45, 7) is 1.39. The molecular formula is C22H20ClN8O7S3+. The third-order valence-corrected chi connectivity index (χ3v) is 9.29. The number of thiazole rings is 2. The van der Waals surface area contributed by atoms with Gasteiger partial charge in [-0.2, -0.15) is 4.57 Å². The van der Waals surface area contributed by atoms with Crippen LogP contribution in [0.25, 0.3) is 10.2 Å². The molecule has 1 saturated heterocycles. The van der Waals surface area contributed by atoms with Gasteiger partial charge in [-0.3, -0.25) is 14.5 Å². The summed E-state index contributed by atoms with van der Waals surface area (Å²) in [5.41, 5.74) is 11.8. The van der Waals surface area contributed by atoms with E-state index in [4.69, 9.17) is 33.0 Å². The Morgan fingerprint density at radius 1 is 1.29 bits per heavy atom. The van der Waals surface area contributed by atoms with Crippen molar-refractivity contribution in [3.63, 3.8) is 0 Å². The van der Waals surface area contributed by atoms with Crippen LogP contribution < -0.4 is 21.4 Å². The van der Waals surface area contributed by atoms with Crippen molar-refractivity contribution in [2.24, 2.45) is 5.16 Å². The zero-order chi connectivity index (χ0) is 29.6. The van der Waals surface area contributed by atoms with Gasteiger partial charge in [-0.1, -0.05) is 39.4 Å². The number of oxime groups is 1. The van der Waals surface area contributed by atoms with E-state index in [0.717, 1.165) is 20.9 Å². The predicted molar refractivity (Wildman–Crippen MR) is 150 cm³/mol. The van der Waals surface area contributed by atoms with Crippen LogP contribution in [0.4, 0.5) is 10.3 Å². The van der Waals surface area contributed by atoms with Crippen LogP contribution in [0.2, 0.25) is 4.34 Å². The van der Waals surface area contributed by atoms with Crippen LogP contribution in [0.1, 0.15) is 12.6 Å². The van der Waals surface area contributed by atoms with Gasteiger partial charge in [-0.25, -0.2) is 19.6 Å². The Hall–Kier alpha value is -4.00. The molecule has 5 heterocycles. The summed E-state index contributed by atoms with van der Waals surface area (Å²) in [6.07, 6.45) is 2.11. The Morgan fingerprint density at radius 2 is 2.02 bits per heavy atom. The first-order valence-electron chi connectivity index (χ1n) is 11.6. The van der Waals surface area contributed by atoms with Gasteiger partial charge in [0.25, 0.3) is 11.8 Å². The number of aromatic nitrogens is 3. The average molecular weight is 640 g/mol. The van der Waals surface area contributed by atoms with E-state index in [2.05, 4.69) is 20.4 Å². The number of nitrogens with zero attached hydrogens (tertiary/aromatic N) is 5. The highest BCUT2D eigenvalue weighted by molar-refractivity contribution is 8.00. The summed E-state index contributed by atoms with van der Waals surface area (Å²) in [5, 5.41) is 24.9. The number of carboxylic acids is 2. The lowest BCUT2D eigenvalue weighted by molar-refractivity contribution is -0.687. The number of β-lactam (4-membered cyclic amide) rings is 1. The van der Waals surface area contributed by atoms with Gasteiger partial charge >= 0.3 is 11.9 Å². The molecule has 0 aromatic carbocycles. The van der Waals surface area contributed by atoms with Crippen molar-refractivity contribution in [3.05, 3.63) is 39.8 Å². The molecule has 19 heteroatoms. The lowest BCUT2D eigenvalue weighted by atomic mass is 10.0. The van der Waals surface area contributed by atoms with E-state index < -0.39 is 47.0 Å². The van der Waals surface area contributed by atoms with Crippen LogP contribution >= 0.6 is 46.0 Å². The molecule has 0 bridgehead atoms. The molecule has 2 aliphatic heterocycles. The van der Waals surface area contributed by atoms with Gasteiger partial charge in [0.2, 0.25) is 6.10 Å². The summed E-state index contributed by atoms with van der Waals surface area (Å²) in [5.74, 6) is -3.95. The third-order valence-electron chi connectivity index (χ3n) is 6.00. The molecule has 0 radical (unpaired) electrons. The molecule has 2 unspecified atom stereocenters. The van der Waals surface area contributed by atoms with Crippen LogP contribution in [0, 0.1) is 0 Å². The maximum absolute atomic E-state index is 13.2. The normalized spacial score (nSPS) is 19.5. The highest BCUT2D eigenvalue weighted by atomic mass is 35.5. The number of anilines is 2. The Morgan fingerprint density at radius 3 is 2.68 bits per heavy atom. The summed E-state index contributed by atoms with van der Waals surface area (Å²) < 4.78 is 2.63. The fraction of sp³-hybridized carbons (Fsp3) is 0.273. The van der Waals surface area contributed by atoms with Gasteiger partial charge in [0.1, 0.15) is 32.7 Å². The van der Waals surface area contributed by atoms with Gasteiger partial charge in [-0.15, -0.1) is 11.8 Å². The van der Waals surface area contributed by atoms with E-state index in [1.807, 2.05) is 6.07 Å². The molecule has 2 amide bonds. The number of aliphatic carboxylic acids is 2. The van der Waals surface area contributed by atoms with E-state index >= 15 is 0 Å². The highest BCUT2D eigenvalue weighted by Gasteiger charge is 2.55. The molecule has 3 aromatic rings. The van der Waals surface area contributed by atoms with E-state index in [9.17, 15) is 24.3 Å². The van der Waals surface area contributed by atoms with Crippen molar-refractivity contribution in [2.45, 2.75) is 31.0 Å². The van der Waals surface area contributed by atoms with E-state index in [1.54, 1.807) is 17.0 Å². The maximum Gasteiger partial charge on any atom is 0.352 e. The minimum Gasteiger partial charge on any atom is -0.478 e. The Balaban J connectivity index is 1.37. The number of thioether (sulfide) groups is 1. The zero-order valence-electron chi connectivity index (χ0n) is 20.8. The number of halogens is 1. The van der Waals surface area contributed by atoms with E-state index in [0.29, 0.717) is 16.2 Å². The third kappa shape index (κ3) is 5.50. The fourth-order valence-electron chi connectivity index (χ4n) is 4.10. The number of nitrogens with two attached hydrogens (primary N) is 2. The first kappa shape index (κ1) is 28.5. The Kier molecular flexibility index (Phi) is 7.73. The summed E-state index contributed by atoms with van der Waals surface area (Å²) in [6, 6.07) is 0.716. The van der Waals surface area contributed by atoms with Crippen molar-refractivity contribution in [2.75, 3.05) is 17.2 Å². The van der Waals surface area contributed by atoms with Gasteiger partial charge in [0.05, 0.1) is 4.70 Å². The molecule has 7 N–H and O–H groups in total. The number of carbonyl (C=O) groups excluding carboxylic acids is 2. The first-order chi connectivity index (χ1) is 19.4. The molecular weight excluding hydrogens is 620 g/mol. The first-order valence-corrected chi connectivity index (χ1v) is 14.6. The second-order valence-corrected chi connectivity index (χ2v) is 12.5. The highest BCUT2D eigenvalue weighted by Crippen LogP contribution is 2.40. The molecule has 41 heavy (non-hydrogen) atoms. The zero-order valence-corrected chi connectivity index (χ0v) is 24.0. The molecule has 214 valence electrons. The molecule has 5 rings (SSSR count). The number of nitrogen functional groups attached to an aromatic ring is 2. The number of pyridine rings is 1. The number of nitrogens with one attached hydrogen (secondary N) is 1. The molecule has 0 aliphatic carbocycles. The molecule has 1 fully saturated rings. The number of hydrogen-bond acceptors (Lipinski definition) is 13. The molecule has 3 atom stereocenters. The van der Waals surface area contributed by atoms with Crippen molar-refractivity contribution in [1.82, 2.24) is 20.2 Å². The minimum absolute atomic E-state index is 0.00616. The number of carbonyl (C=O) groups is 4. The molecule has 2 aliphatic rings. The van der Waals surface area contributed by atoms with Gasteiger partial charge < -0.3 is 31.8 Å². The lowest BCUT2D eigenvalue weighted by Gasteiger charge is -2.49. The maximum atomic E-state index is 13.2. The standard InChI is InChI=1S/C22H19ClN8O7S3/c1-7(19(34)35)38-29-12(11-15(23)41-22(25)28-11)16(32)27-13-17(33)31-14(20(36)37)8(6-39-18(13)31)4-30-3-2-10-9(5-30)26-21(24)40-10/h2-3,5,7,13,18H,4,6H2,1H3,(H6-,24,25,26,27,28,32,34,35,36,37)/p+1/b29-12-/t7-,13?,18?/m0/s1. The molecule has 15 nitrogen and oxygen atoms in total. The van der Waals surface area contributed by atoms with Crippen molar-refractivity contribution in [1.29, 1.82) is 0 Å². The number of fused-ring (bicyclic) bond motifs is 2. The van der Waals surface area contributed by atoms with Crippen molar-refractivity contribution < 1.29 is 38.8 Å². The largest absolute Gasteiger partial charge is 0.478 e. The SMILES string of the molecule is C[C@H](O/N=C(\C(=O)NC1C(=O)N2C(C(=O)O)=C(C[n+]3ccc4sc(N)nc4c3)CSC12)c1nc(N)sc1Cl)C(=O)O. The van der Waals surface area contributed by atoms with Crippen molar-refractivity contribution in [3.8, 4) is 0 Å². The number of hydrogen-bond donors (Lipinski definition) is 5. The lowest BCUT2D eigenvalue weighted by Crippen LogP contribution is -2.71. The minimum atomic E-state index is -1.41. The number of carboxylic acid groups (broad SMARTS) is 2. The van der Waals surface area contributed by atoms with Crippen molar-refractivity contribution >= 4 is 96.0 Å². The summed E-state index contributed by atoms with van der Waals surface area (Å²) in [4.78, 5) is 64.0. The van der Waals surface area contributed by atoms with Crippen LogP contribution in [0.15, 0.2) is 34.9 Å². The van der Waals surface area contributed by atoms with E-state index in [1.165, 1.54) is 30.0 Å². The second kappa shape index (κ2) is 11.1. The molecule has 0 saturated carbocycles. The smallest absolute Gasteiger partial charge is 0.352 e. The quantitative estimate of drug-likeness (QED) is 0.0933. The Bertz CT molecular complexity index is 1670. The molecule has 3 aromatic heterocycles. The topological polar surface area (TPSA) is 227 Å². The summed E-state index contributed by atoms with van der Waals surface area (Å²) >= 11 is 9.60. The number of rotatable bonds is 9. The van der Waals surface area contributed by atoms with E-state index in [-0.39, 0.29) is 33.2 Å². The monoisotopic (exact) mass is 639 g/mol. The molecule has 0 spiro atoms. The number of amides is 2. The fourth-order valence-corrected chi connectivity index (χ4v) is 7.07. The average Bonchev–Trinajstić information content (AvgIpc) is 3.45. The van der Waals surface area contributed by atoms with Gasteiger partial charge in [0.15, 0.2) is 34.9 Å². The van der Waals surface area contributed by atoms with Gasteiger partial charge in [0, 0.05) is 17.4 Å². The second-order valence-electron chi connectivity index (χ2n) is 8.74. The van der Waals surface area contributed by atoms with Crippen LogP contribution in [-0.4, -0.2) is 77.8 Å². The predicted octanol–water partition coefficient (Wildman–Crippen LogP) is 0.491. The summed E-state index contributed by atoms with van der Waals surface area (Å²) in [7, 11) is 0. The van der Waals surface area contributed by atoms with Gasteiger partial charge in [-0.05, 0) is 6.92 Å². The van der Waals surface area contributed by atoms with Crippen LogP contribution in [-0.2, 0) is 30.6 Å². The Labute approximate surface area is 247 Å². The van der Waals surface area contributed by atoms with Crippen LogP contribution in [0.3, 0.4) is 0 Å².